The molecule has 0 unspecified atom stereocenters. The topological polar surface area (TPSA) is 124 Å². The molecule has 11 heteroatoms. The van der Waals surface area contributed by atoms with Crippen molar-refractivity contribution in [3.63, 3.8) is 0 Å². The molecule has 4 rings (SSSR count). The number of benzene rings is 3. The average molecular weight is 613 g/mol. The van der Waals surface area contributed by atoms with Gasteiger partial charge < -0.3 is 19.7 Å². The van der Waals surface area contributed by atoms with Crippen LogP contribution in [0.2, 0.25) is 10.0 Å². The van der Waals surface area contributed by atoms with Crippen molar-refractivity contribution in [2.24, 2.45) is 5.92 Å². The second-order valence-electron chi connectivity index (χ2n) is 9.25. The molecule has 0 aliphatic carbocycles. The summed E-state index contributed by atoms with van der Waals surface area (Å²) in [4.78, 5) is 26.7. The average Bonchev–Trinajstić information content (AvgIpc) is 3.43. The number of aromatic hydroxyl groups is 2. The number of ether oxygens (including phenoxy) is 2. The molecule has 9 nitrogen and oxygen atoms in total. The zero-order valence-electron chi connectivity index (χ0n) is 22.7. The number of hydrogen-bond acceptors (Lipinski definition) is 8. The Labute approximate surface area is 252 Å². The van der Waals surface area contributed by atoms with Crippen LogP contribution < -0.4 is 9.47 Å². The van der Waals surface area contributed by atoms with Gasteiger partial charge in [-0.2, -0.15) is 0 Å². The lowest BCUT2D eigenvalue weighted by molar-refractivity contribution is -0.127. The van der Waals surface area contributed by atoms with E-state index in [-0.39, 0.29) is 29.4 Å². The summed E-state index contributed by atoms with van der Waals surface area (Å²) < 4.78 is 11.8. The highest BCUT2D eigenvalue weighted by Crippen LogP contribution is 2.28. The summed E-state index contributed by atoms with van der Waals surface area (Å²) in [7, 11) is 2.85. The van der Waals surface area contributed by atoms with Crippen LogP contribution in [-0.4, -0.2) is 51.0 Å². The molecular weight excluding hydrogens is 586 g/mol. The molecule has 0 amide bonds. The number of phenolic OH excluding ortho intramolecular Hbond substituents is 2. The molecule has 0 atom stereocenters. The Morgan fingerprint density at radius 2 is 1.43 bits per heavy atom. The lowest BCUT2D eigenvalue weighted by atomic mass is 10.2. The molecule has 216 valence electrons. The van der Waals surface area contributed by atoms with Crippen LogP contribution in [0.3, 0.4) is 0 Å². The fourth-order valence-electron chi connectivity index (χ4n) is 4.07. The van der Waals surface area contributed by atoms with Crippen molar-refractivity contribution in [3.8, 4) is 23.0 Å². The van der Waals surface area contributed by atoms with Gasteiger partial charge in [0.1, 0.15) is 0 Å². The van der Waals surface area contributed by atoms with Crippen molar-refractivity contribution in [2.45, 2.75) is 13.0 Å². The van der Waals surface area contributed by atoms with E-state index in [1.165, 1.54) is 38.5 Å². The van der Waals surface area contributed by atoms with E-state index in [1.54, 1.807) is 59.4 Å². The van der Waals surface area contributed by atoms with E-state index < -0.39 is 17.5 Å². The number of carbonyl (C=O) groups excluding carboxylic acids is 2. The van der Waals surface area contributed by atoms with Gasteiger partial charge in [0, 0.05) is 12.6 Å². The summed E-state index contributed by atoms with van der Waals surface area (Å²) in [5.41, 5.74) is 2.50. The van der Waals surface area contributed by atoms with Crippen LogP contribution in [0.5, 0.6) is 23.0 Å². The van der Waals surface area contributed by atoms with E-state index in [1.807, 2.05) is 6.07 Å². The van der Waals surface area contributed by atoms with Crippen LogP contribution in [-0.2, 0) is 22.6 Å². The number of aromatic nitrogens is 3. The van der Waals surface area contributed by atoms with Crippen LogP contribution in [0.15, 0.2) is 72.9 Å². The standard InChI is InChI=1S/C31H27Cl2N3O6/c1-41-30-14-19(6-11-28(30)39)4-9-26(37)23(27(38)10-5-20-7-12-29(40)31(15-20)42-2)16-22-18-36(35-34-22)17-21-3-8-24(32)25(33)13-21/h3-15,18,23,39-40H,16-17H2,1-2H3/b9-4+,10-5+/i9+1,10+1,23+1,26+1,27+1. The predicted octanol–water partition coefficient (Wildman–Crippen LogP) is 5.79. The Kier molecular flexibility index (Phi) is 10.0. The molecule has 0 bridgehead atoms. The van der Waals surface area contributed by atoms with Gasteiger partial charge in [-0.05, 0) is 65.2 Å². The lowest BCUT2D eigenvalue weighted by Gasteiger charge is -2.09. The molecule has 2 N–H and O–H groups in total. The first-order valence-corrected chi connectivity index (χ1v) is 13.4. The molecule has 0 fully saturated rings. The van der Waals surface area contributed by atoms with Gasteiger partial charge in [-0.3, -0.25) is 9.59 Å². The molecule has 0 saturated carbocycles. The second-order valence-corrected chi connectivity index (χ2v) is 10.1. The molecule has 3 aromatic carbocycles. The Morgan fingerprint density at radius 1 is 0.857 bits per heavy atom. The zero-order valence-corrected chi connectivity index (χ0v) is 24.2. The SMILES string of the molecule is COc1cc(/C=[13CH]/[13C](=O)[13CH](Cc2cn(Cc3ccc(Cl)c(Cl)c3)nn2)[13C](=O)/[13CH]=C/c2ccc(O)c(OC)c2)ccc1O. The number of nitrogens with zero attached hydrogens (tertiary/aromatic N) is 3. The highest BCUT2D eigenvalue weighted by molar-refractivity contribution is 6.42. The normalized spacial score (nSPS) is 11.5. The number of halogens is 2. The van der Waals surface area contributed by atoms with Gasteiger partial charge in [0.2, 0.25) is 0 Å². The first-order valence-electron chi connectivity index (χ1n) is 12.7. The maximum absolute atomic E-state index is 13.4. The van der Waals surface area contributed by atoms with E-state index in [2.05, 4.69) is 10.3 Å². The predicted molar refractivity (Wildman–Crippen MR) is 160 cm³/mol. The molecule has 0 saturated heterocycles. The third-order valence-corrected chi connectivity index (χ3v) is 7.04. The quantitative estimate of drug-likeness (QED) is 0.117. The van der Waals surface area contributed by atoms with E-state index in [4.69, 9.17) is 32.7 Å². The minimum Gasteiger partial charge on any atom is -0.504 e. The highest BCUT2D eigenvalue weighted by atomic mass is 35.5. The van der Waals surface area contributed by atoms with Crippen molar-refractivity contribution in [1.82, 2.24) is 15.0 Å². The molecule has 0 aliphatic heterocycles. The maximum atomic E-state index is 13.4. The van der Waals surface area contributed by atoms with E-state index in [0.29, 0.717) is 33.4 Å². The number of ketones is 2. The largest absolute Gasteiger partial charge is 0.504 e. The first-order chi connectivity index (χ1) is 20.2. The van der Waals surface area contributed by atoms with E-state index >= 15 is 0 Å². The molecule has 0 aliphatic rings. The van der Waals surface area contributed by atoms with Gasteiger partial charge in [0.05, 0.1) is 42.4 Å². The fourth-order valence-corrected chi connectivity index (χ4v) is 4.39. The number of rotatable bonds is 12. The Bertz CT molecular complexity index is 1590. The van der Waals surface area contributed by atoms with Crippen LogP contribution in [0.4, 0.5) is 0 Å². The van der Waals surface area contributed by atoms with Crippen molar-refractivity contribution >= 4 is 46.9 Å². The van der Waals surface area contributed by atoms with Crippen molar-refractivity contribution in [3.05, 3.63) is 105 Å². The van der Waals surface area contributed by atoms with Crippen LogP contribution in [0, 0.1) is 5.92 Å². The summed E-state index contributed by atoms with van der Waals surface area (Å²) in [6.07, 6.45) is 7.38. The third kappa shape index (κ3) is 7.78. The van der Waals surface area contributed by atoms with Crippen molar-refractivity contribution in [1.29, 1.82) is 0 Å². The minimum absolute atomic E-state index is 0.00547. The molecule has 0 spiro atoms. The van der Waals surface area contributed by atoms with Gasteiger partial charge in [0.15, 0.2) is 34.6 Å². The number of hydrogen-bond donors (Lipinski definition) is 2. The van der Waals surface area contributed by atoms with Crippen molar-refractivity contribution < 1.29 is 29.3 Å². The highest BCUT2D eigenvalue weighted by Gasteiger charge is 2.25. The van der Waals surface area contributed by atoms with Gasteiger partial charge >= 0.3 is 0 Å². The van der Waals surface area contributed by atoms with E-state index in [9.17, 15) is 19.8 Å². The third-order valence-electron chi connectivity index (χ3n) is 6.30. The smallest absolute Gasteiger partial charge is 0.166 e. The number of methoxy groups -OCH3 is 2. The van der Waals surface area contributed by atoms with Crippen LogP contribution in [0.25, 0.3) is 12.2 Å². The van der Waals surface area contributed by atoms with Crippen LogP contribution in [0.1, 0.15) is 22.4 Å². The zero-order chi connectivity index (χ0) is 30.2. The number of phenols is 2. The molecule has 0 radical (unpaired) electrons. The molecule has 1 aromatic heterocycles. The molecule has 42 heavy (non-hydrogen) atoms. The molecular formula is C31H27Cl2N3O6. The lowest BCUT2D eigenvalue weighted by Crippen LogP contribution is -2.23. The van der Waals surface area contributed by atoms with Gasteiger partial charge in [0.25, 0.3) is 0 Å². The minimum atomic E-state index is -1.09. The number of allylic oxidation sites excluding steroid dienone is 2. The van der Waals surface area contributed by atoms with Gasteiger partial charge in [-0.25, -0.2) is 4.68 Å². The first kappa shape index (κ1) is 30.4. The van der Waals surface area contributed by atoms with Gasteiger partial charge in [-0.1, -0.05) is 58.8 Å². The summed E-state index contributed by atoms with van der Waals surface area (Å²) in [6, 6.07) is 14.5. The van der Waals surface area contributed by atoms with Crippen LogP contribution >= 0.6 is 23.2 Å². The summed E-state index contributed by atoms with van der Waals surface area (Å²) >= 11 is 12.1. The Hall–Kier alpha value is -4.60. The van der Waals surface area contributed by atoms with E-state index in [0.717, 1.165) is 5.56 Å². The molecule has 4 aromatic rings. The summed E-state index contributed by atoms with van der Waals surface area (Å²) in [6.45, 7) is 0.363. The maximum Gasteiger partial charge on any atom is 0.166 e. The van der Waals surface area contributed by atoms with Crippen molar-refractivity contribution in [2.75, 3.05) is 14.2 Å². The monoisotopic (exact) mass is 612 g/mol. The summed E-state index contributed by atoms with van der Waals surface area (Å²) in [5, 5.41) is 28.8. The Morgan fingerprint density at radius 3 is 1.95 bits per heavy atom. The number of carbonyl (C=O) groups is 2. The van der Waals surface area contributed by atoms with Gasteiger partial charge in [-0.15, -0.1) is 5.10 Å². The summed E-state index contributed by atoms with van der Waals surface area (Å²) in [5.74, 6) is -1.54. The second kappa shape index (κ2) is 13.8. The Balaban J connectivity index is 1.57. The molecule has 1 heterocycles. The fraction of sp³-hybridized carbons (Fsp3) is 0.161.